The molecule has 0 unspecified atom stereocenters. The molecule has 0 spiro atoms. The van der Waals surface area contributed by atoms with Crippen LogP contribution in [0.5, 0.6) is 0 Å². The van der Waals surface area contributed by atoms with Gasteiger partial charge in [-0.25, -0.2) is 0 Å². The van der Waals surface area contributed by atoms with Crippen molar-refractivity contribution < 1.29 is 0 Å². The van der Waals surface area contributed by atoms with Crippen molar-refractivity contribution in [2.75, 3.05) is 17.2 Å². The molecule has 88 valence electrons. The first kappa shape index (κ1) is 11.4. The first-order valence-electron chi connectivity index (χ1n) is 5.50. The summed E-state index contributed by atoms with van der Waals surface area (Å²) in [6.45, 7) is 5.18. The van der Waals surface area contributed by atoms with E-state index in [0.29, 0.717) is 12.0 Å². The summed E-state index contributed by atoms with van der Waals surface area (Å²) < 4.78 is 0. The van der Waals surface area contributed by atoms with Crippen LogP contribution in [0.25, 0.3) is 0 Å². The van der Waals surface area contributed by atoms with Crippen LogP contribution in [0, 0.1) is 5.92 Å². The van der Waals surface area contributed by atoms with E-state index in [1.165, 1.54) is 12.8 Å². The molecule has 0 atom stereocenters. The van der Waals surface area contributed by atoms with Crippen molar-refractivity contribution in [1.82, 2.24) is 15.0 Å². The van der Waals surface area contributed by atoms with E-state index in [4.69, 9.17) is 17.3 Å². The molecule has 0 aliphatic heterocycles. The SMILES string of the molecule is CC(C)N(CC1CC1)c1nc(N)nc(Cl)n1. The van der Waals surface area contributed by atoms with E-state index in [-0.39, 0.29) is 11.2 Å². The van der Waals surface area contributed by atoms with Gasteiger partial charge >= 0.3 is 0 Å². The molecule has 0 aromatic carbocycles. The molecule has 1 aromatic rings. The van der Waals surface area contributed by atoms with Crippen LogP contribution in [0.2, 0.25) is 5.28 Å². The molecule has 16 heavy (non-hydrogen) atoms. The molecule has 1 heterocycles. The lowest BCUT2D eigenvalue weighted by atomic mass is 10.3. The van der Waals surface area contributed by atoms with Gasteiger partial charge in [0.05, 0.1) is 0 Å². The van der Waals surface area contributed by atoms with Crippen LogP contribution in [0.1, 0.15) is 26.7 Å². The third kappa shape index (κ3) is 2.72. The summed E-state index contributed by atoms with van der Waals surface area (Å²) in [6, 6.07) is 0.332. The minimum Gasteiger partial charge on any atom is -0.368 e. The Bertz CT molecular complexity index is 357. The highest BCUT2D eigenvalue weighted by Crippen LogP contribution is 2.31. The molecule has 1 aliphatic carbocycles. The van der Waals surface area contributed by atoms with Crippen molar-refractivity contribution in [3.05, 3.63) is 5.28 Å². The van der Waals surface area contributed by atoms with Crippen LogP contribution in [0.15, 0.2) is 0 Å². The van der Waals surface area contributed by atoms with Crippen LogP contribution in [-0.4, -0.2) is 27.5 Å². The van der Waals surface area contributed by atoms with Gasteiger partial charge in [-0.3, -0.25) is 0 Å². The van der Waals surface area contributed by atoms with Crippen LogP contribution >= 0.6 is 11.6 Å². The Balaban J connectivity index is 2.22. The van der Waals surface area contributed by atoms with E-state index in [1.807, 2.05) is 0 Å². The summed E-state index contributed by atoms with van der Waals surface area (Å²) in [5, 5.41) is 0.156. The van der Waals surface area contributed by atoms with E-state index < -0.39 is 0 Å². The number of nitrogens with zero attached hydrogens (tertiary/aromatic N) is 4. The van der Waals surface area contributed by atoms with Gasteiger partial charge in [-0.2, -0.15) is 15.0 Å². The van der Waals surface area contributed by atoms with Gasteiger partial charge in [0.1, 0.15) is 0 Å². The van der Waals surface area contributed by atoms with Crippen molar-refractivity contribution in [3.8, 4) is 0 Å². The lowest BCUT2D eigenvalue weighted by Gasteiger charge is -2.26. The quantitative estimate of drug-likeness (QED) is 0.870. The normalized spacial score (nSPS) is 15.5. The number of rotatable bonds is 4. The molecule has 1 aromatic heterocycles. The molecule has 1 aliphatic rings. The van der Waals surface area contributed by atoms with E-state index in [0.717, 1.165) is 12.5 Å². The number of hydrogen-bond donors (Lipinski definition) is 1. The van der Waals surface area contributed by atoms with Gasteiger partial charge in [-0.1, -0.05) is 0 Å². The number of halogens is 1. The smallest absolute Gasteiger partial charge is 0.231 e. The monoisotopic (exact) mass is 241 g/mol. The Morgan fingerprint density at radius 2 is 2.06 bits per heavy atom. The summed E-state index contributed by atoms with van der Waals surface area (Å²) in [5.74, 6) is 1.52. The Morgan fingerprint density at radius 1 is 1.38 bits per heavy atom. The van der Waals surface area contributed by atoms with Gasteiger partial charge in [0.25, 0.3) is 0 Å². The highest BCUT2D eigenvalue weighted by atomic mass is 35.5. The lowest BCUT2D eigenvalue weighted by Crippen LogP contribution is -2.34. The zero-order valence-corrected chi connectivity index (χ0v) is 10.3. The second kappa shape index (κ2) is 4.41. The standard InChI is InChI=1S/C10H16ClN5/c1-6(2)16(5-7-3-4-7)10-14-8(11)13-9(12)15-10/h6-7H,3-5H2,1-2H3,(H2,12,13,14,15). The van der Waals surface area contributed by atoms with E-state index >= 15 is 0 Å². The van der Waals surface area contributed by atoms with Crippen LogP contribution < -0.4 is 10.6 Å². The Morgan fingerprint density at radius 3 is 2.56 bits per heavy atom. The zero-order chi connectivity index (χ0) is 11.7. The third-order valence-corrected chi connectivity index (χ3v) is 2.81. The van der Waals surface area contributed by atoms with Gasteiger partial charge in [0.15, 0.2) is 0 Å². The number of nitrogens with two attached hydrogens (primary N) is 1. The average molecular weight is 242 g/mol. The fourth-order valence-electron chi connectivity index (χ4n) is 1.58. The molecule has 5 nitrogen and oxygen atoms in total. The van der Waals surface area contributed by atoms with Crippen molar-refractivity contribution in [1.29, 1.82) is 0 Å². The second-order valence-corrected chi connectivity index (χ2v) is 4.79. The number of aromatic nitrogens is 3. The van der Waals surface area contributed by atoms with Crippen molar-refractivity contribution in [2.45, 2.75) is 32.7 Å². The molecular weight excluding hydrogens is 226 g/mol. The summed E-state index contributed by atoms with van der Waals surface area (Å²) in [7, 11) is 0. The molecule has 0 bridgehead atoms. The van der Waals surface area contributed by atoms with E-state index in [2.05, 4.69) is 33.7 Å². The largest absolute Gasteiger partial charge is 0.368 e. The van der Waals surface area contributed by atoms with Crippen LogP contribution in [0.3, 0.4) is 0 Å². The van der Waals surface area contributed by atoms with E-state index in [9.17, 15) is 0 Å². The predicted molar refractivity (Wildman–Crippen MR) is 64.5 cm³/mol. The summed E-state index contributed by atoms with van der Waals surface area (Å²) in [5.41, 5.74) is 5.57. The maximum absolute atomic E-state index is 5.78. The molecule has 0 amide bonds. The van der Waals surface area contributed by atoms with Crippen LogP contribution in [0.4, 0.5) is 11.9 Å². The van der Waals surface area contributed by atoms with Gasteiger partial charge in [-0.05, 0) is 44.2 Å². The minimum absolute atomic E-state index is 0.156. The molecule has 0 saturated heterocycles. The topological polar surface area (TPSA) is 67.9 Å². The molecule has 1 saturated carbocycles. The first-order valence-corrected chi connectivity index (χ1v) is 5.87. The Kier molecular flexibility index (Phi) is 3.14. The highest BCUT2D eigenvalue weighted by Gasteiger charge is 2.27. The van der Waals surface area contributed by atoms with Crippen molar-refractivity contribution in [3.63, 3.8) is 0 Å². The predicted octanol–water partition coefficient (Wildman–Crippen LogP) is 1.73. The fourth-order valence-corrected chi connectivity index (χ4v) is 1.75. The molecule has 0 radical (unpaired) electrons. The van der Waals surface area contributed by atoms with Gasteiger partial charge in [-0.15, -0.1) is 0 Å². The highest BCUT2D eigenvalue weighted by molar-refractivity contribution is 6.28. The maximum atomic E-state index is 5.78. The minimum atomic E-state index is 0.156. The first-order chi connectivity index (χ1) is 7.56. The average Bonchev–Trinajstić information content (AvgIpc) is 2.95. The summed E-state index contributed by atoms with van der Waals surface area (Å²) >= 11 is 5.78. The van der Waals surface area contributed by atoms with Gasteiger partial charge < -0.3 is 10.6 Å². The fraction of sp³-hybridized carbons (Fsp3) is 0.700. The molecule has 6 heteroatoms. The van der Waals surface area contributed by atoms with Gasteiger partial charge in [0.2, 0.25) is 17.2 Å². The lowest BCUT2D eigenvalue weighted by molar-refractivity contribution is 0.626. The Hall–Kier alpha value is -1.10. The molecular formula is C10H16ClN5. The number of nitrogen functional groups attached to an aromatic ring is 1. The second-order valence-electron chi connectivity index (χ2n) is 4.45. The molecule has 2 N–H and O–H groups in total. The molecule has 2 rings (SSSR count). The zero-order valence-electron chi connectivity index (χ0n) is 9.52. The number of hydrogen-bond acceptors (Lipinski definition) is 5. The van der Waals surface area contributed by atoms with Crippen molar-refractivity contribution >= 4 is 23.5 Å². The number of anilines is 2. The molecule has 1 fully saturated rings. The third-order valence-electron chi connectivity index (χ3n) is 2.65. The summed E-state index contributed by atoms with van der Waals surface area (Å²) in [6.07, 6.45) is 2.58. The maximum Gasteiger partial charge on any atom is 0.231 e. The summed E-state index contributed by atoms with van der Waals surface area (Å²) in [4.78, 5) is 14.2. The Labute approximate surface area is 100 Å². The van der Waals surface area contributed by atoms with Crippen LogP contribution in [-0.2, 0) is 0 Å². The van der Waals surface area contributed by atoms with E-state index in [1.54, 1.807) is 0 Å². The van der Waals surface area contributed by atoms with Gasteiger partial charge in [0, 0.05) is 12.6 Å². The van der Waals surface area contributed by atoms with Crippen molar-refractivity contribution in [2.24, 2.45) is 5.92 Å².